The molecule has 0 radical (unpaired) electrons. The fourth-order valence-electron chi connectivity index (χ4n) is 2.89. The molecule has 4 rings (SSSR count). The third-order valence-corrected chi connectivity index (χ3v) is 3.92. The first kappa shape index (κ1) is 13.7. The van der Waals surface area contributed by atoms with E-state index < -0.39 is 5.82 Å². The van der Waals surface area contributed by atoms with Gasteiger partial charge in [0.2, 0.25) is 0 Å². The number of nitrogens with one attached hydrogen (secondary N) is 2. The van der Waals surface area contributed by atoms with Gasteiger partial charge in [0.05, 0.1) is 0 Å². The van der Waals surface area contributed by atoms with Crippen molar-refractivity contribution in [2.75, 3.05) is 0 Å². The largest absolute Gasteiger partial charge is 0.504 e. The zero-order valence-corrected chi connectivity index (χ0v) is 12.7. The lowest BCUT2D eigenvalue weighted by Gasteiger charge is -2.10. The molecule has 3 N–H and O–H groups in total. The quantitative estimate of drug-likeness (QED) is 0.493. The molecule has 2 aromatic heterocycles. The molecule has 4 aromatic rings. The van der Waals surface area contributed by atoms with Gasteiger partial charge in [0.15, 0.2) is 23.1 Å². The molecule has 116 valence electrons. The Labute approximate surface area is 131 Å². The highest BCUT2D eigenvalue weighted by atomic mass is 19.1. The summed E-state index contributed by atoms with van der Waals surface area (Å²) >= 11 is 0. The number of H-pyrrole nitrogens is 2. The van der Waals surface area contributed by atoms with Crippen LogP contribution < -0.4 is 4.74 Å². The van der Waals surface area contributed by atoms with E-state index in [1.807, 2.05) is 19.9 Å². The molecule has 0 saturated heterocycles. The van der Waals surface area contributed by atoms with E-state index in [-0.39, 0.29) is 17.2 Å². The van der Waals surface area contributed by atoms with Crippen molar-refractivity contribution >= 4 is 21.8 Å². The third-order valence-electron chi connectivity index (χ3n) is 3.92. The fraction of sp³-hybridized carbons (Fsp3) is 0.111. The van der Waals surface area contributed by atoms with E-state index in [2.05, 4.69) is 9.97 Å². The van der Waals surface area contributed by atoms with E-state index in [0.717, 1.165) is 16.9 Å². The molecule has 0 aliphatic rings. The van der Waals surface area contributed by atoms with Gasteiger partial charge in [0.25, 0.3) is 0 Å². The van der Waals surface area contributed by atoms with Crippen molar-refractivity contribution in [2.45, 2.75) is 13.8 Å². The molecule has 0 saturated carbocycles. The first-order valence-electron chi connectivity index (χ1n) is 7.30. The lowest BCUT2D eigenvalue weighted by Crippen LogP contribution is -1.90. The van der Waals surface area contributed by atoms with Crippen molar-refractivity contribution < 1.29 is 14.2 Å². The minimum Gasteiger partial charge on any atom is -0.504 e. The standard InChI is InChI=1S/C18H15FN2O2/c1-9-7-11-13(20-9)4-6-16(17(11)19)23-18-12-8-10(2)21-14(12)3-5-15(18)22/h3-8,20-22H,1-2H3. The highest BCUT2D eigenvalue weighted by molar-refractivity contribution is 5.90. The first-order valence-corrected chi connectivity index (χ1v) is 7.30. The van der Waals surface area contributed by atoms with Crippen molar-refractivity contribution in [1.29, 1.82) is 0 Å². The molecule has 0 amide bonds. The van der Waals surface area contributed by atoms with Gasteiger partial charge in [0, 0.05) is 33.2 Å². The molecule has 0 fully saturated rings. The summed E-state index contributed by atoms with van der Waals surface area (Å²) in [6.07, 6.45) is 0. The number of aromatic hydroxyl groups is 1. The van der Waals surface area contributed by atoms with Crippen LogP contribution >= 0.6 is 0 Å². The summed E-state index contributed by atoms with van der Waals surface area (Å²) < 4.78 is 20.4. The highest BCUT2D eigenvalue weighted by Crippen LogP contribution is 2.40. The summed E-state index contributed by atoms with van der Waals surface area (Å²) in [6, 6.07) is 10.2. The Morgan fingerprint density at radius 3 is 2.26 bits per heavy atom. The van der Waals surface area contributed by atoms with Crippen LogP contribution in [-0.4, -0.2) is 15.1 Å². The van der Waals surface area contributed by atoms with Crippen LogP contribution in [0.4, 0.5) is 4.39 Å². The Hall–Kier alpha value is -2.95. The zero-order chi connectivity index (χ0) is 16.1. The molecular formula is C18H15FN2O2. The predicted octanol–water partition coefficient (Wildman–Crippen LogP) is 4.90. The number of aromatic amines is 2. The maximum atomic E-state index is 14.7. The average molecular weight is 310 g/mol. The minimum atomic E-state index is -0.449. The van der Waals surface area contributed by atoms with Crippen LogP contribution in [0.15, 0.2) is 36.4 Å². The number of aryl methyl sites for hydroxylation is 2. The van der Waals surface area contributed by atoms with Gasteiger partial charge < -0.3 is 19.8 Å². The van der Waals surface area contributed by atoms with Crippen LogP contribution in [0.25, 0.3) is 21.8 Å². The molecular weight excluding hydrogens is 295 g/mol. The molecule has 23 heavy (non-hydrogen) atoms. The number of aromatic nitrogens is 2. The number of fused-ring (bicyclic) bond motifs is 2. The molecule has 2 heterocycles. The second kappa shape index (κ2) is 4.78. The van der Waals surface area contributed by atoms with E-state index in [1.165, 1.54) is 6.07 Å². The molecule has 0 bridgehead atoms. The Kier molecular flexibility index (Phi) is 2.84. The molecule has 0 aliphatic heterocycles. The Morgan fingerprint density at radius 2 is 1.52 bits per heavy atom. The van der Waals surface area contributed by atoms with Gasteiger partial charge in [-0.25, -0.2) is 4.39 Å². The van der Waals surface area contributed by atoms with Crippen LogP contribution in [0.2, 0.25) is 0 Å². The number of hydrogen-bond donors (Lipinski definition) is 3. The molecule has 0 spiro atoms. The summed E-state index contributed by atoms with van der Waals surface area (Å²) in [5.41, 5.74) is 3.36. The van der Waals surface area contributed by atoms with Crippen LogP contribution in [-0.2, 0) is 0 Å². The average Bonchev–Trinajstić information content (AvgIpc) is 3.06. The summed E-state index contributed by atoms with van der Waals surface area (Å²) in [7, 11) is 0. The van der Waals surface area contributed by atoms with Gasteiger partial charge >= 0.3 is 0 Å². The number of benzene rings is 2. The summed E-state index contributed by atoms with van der Waals surface area (Å²) in [6.45, 7) is 3.78. The maximum Gasteiger partial charge on any atom is 0.178 e. The summed E-state index contributed by atoms with van der Waals surface area (Å²) in [5.74, 6) is -0.146. The van der Waals surface area contributed by atoms with Crippen LogP contribution in [0, 0.1) is 19.7 Å². The maximum absolute atomic E-state index is 14.7. The third kappa shape index (κ3) is 2.12. The number of phenolic OH excluding ortho intramolecular Hbond substituents is 1. The monoisotopic (exact) mass is 310 g/mol. The number of halogens is 1. The number of phenols is 1. The van der Waals surface area contributed by atoms with Crippen molar-refractivity contribution in [1.82, 2.24) is 9.97 Å². The number of rotatable bonds is 2. The topological polar surface area (TPSA) is 61.0 Å². The second-order valence-electron chi connectivity index (χ2n) is 5.72. The van der Waals surface area contributed by atoms with Crippen LogP contribution in [0.5, 0.6) is 17.2 Å². The van der Waals surface area contributed by atoms with Crippen molar-refractivity contribution in [3.05, 3.63) is 53.6 Å². The van der Waals surface area contributed by atoms with Crippen molar-refractivity contribution in [2.24, 2.45) is 0 Å². The number of hydrogen-bond acceptors (Lipinski definition) is 2. The van der Waals surface area contributed by atoms with Gasteiger partial charge in [-0.2, -0.15) is 0 Å². The Morgan fingerprint density at radius 1 is 0.913 bits per heavy atom. The first-order chi connectivity index (χ1) is 11.0. The van der Waals surface area contributed by atoms with Gasteiger partial charge in [-0.05, 0) is 50.2 Å². The summed E-state index contributed by atoms with van der Waals surface area (Å²) in [4.78, 5) is 6.25. The minimum absolute atomic E-state index is 0.0266. The Bertz CT molecular complexity index is 1050. The Balaban J connectivity index is 1.87. The lowest BCUT2D eigenvalue weighted by atomic mass is 10.2. The normalized spacial score (nSPS) is 11.4. The SMILES string of the molecule is Cc1cc2c(F)c(Oc3c(O)ccc4[nH]c(C)cc34)ccc2[nH]1. The molecule has 5 heteroatoms. The predicted molar refractivity (Wildman–Crippen MR) is 87.8 cm³/mol. The van der Waals surface area contributed by atoms with Gasteiger partial charge in [-0.3, -0.25) is 0 Å². The molecule has 4 nitrogen and oxygen atoms in total. The van der Waals surface area contributed by atoms with Gasteiger partial charge in [0.1, 0.15) is 0 Å². The van der Waals surface area contributed by atoms with Crippen LogP contribution in [0.1, 0.15) is 11.4 Å². The van der Waals surface area contributed by atoms with E-state index >= 15 is 0 Å². The van der Waals surface area contributed by atoms with E-state index in [4.69, 9.17) is 4.74 Å². The van der Waals surface area contributed by atoms with E-state index in [9.17, 15) is 9.50 Å². The van der Waals surface area contributed by atoms with Gasteiger partial charge in [-0.1, -0.05) is 0 Å². The van der Waals surface area contributed by atoms with Crippen molar-refractivity contribution in [3.8, 4) is 17.2 Å². The zero-order valence-electron chi connectivity index (χ0n) is 12.7. The van der Waals surface area contributed by atoms with Crippen LogP contribution in [0.3, 0.4) is 0 Å². The summed E-state index contributed by atoms with van der Waals surface area (Å²) in [5, 5.41) is 11.3. The second-order valence-corrected chi connectivity index (χ2v) is 5.72. The highest BCUT2D eigenvalue weighted by Gasteiger charge is 2.16. The van der Waals surface area contributed by atoms with E-state index in [1.54, 1.807) is 24.3 Å². The smallest absolute Gasteiger partial charge is 0.178 e. The fourth-order valence-corrected chi connectivity index (χ4v) is 2.89. The van der Waals surface area contributed by atoms with Crippen molar-refractivity contribution in [3.63, 3.8) is 0 Å². The molecule has 0 unspecified atom stereocenters. The molecule has 2 aromatic carbocycles. The lowest BCUT2D eigenvalue weighted by molar-refractivity contribution is 0.401. The molecule has 0 aliphatic carbocycles. The molecule has 0 atom stereocenters. The van der Waals surface area contributed by atoms with Gasteiger partial charge in [-0.15, -0.1) is 0 Å². The number of ether oxygens (including phenoxy) is 1. The van der Waals surface area contributed by atoms with E-state index in [0.29, 0.717) is 16.3 Å².